The Labute approximate surface area is 106 Å². The largest absolute Gasteiger partial charge is 0.351 e. The van der Waals surface area contributed by atoms with Crippen LogP contribution in [0.25, 0.3) is 11.1 Å². The highest BCUT2D eigenvalue weighted by Gasteiger charge is 2.01. The number of hydrogen-bond acceptors (Lipinski definition) is 2. The summed E-state index contributed by atoms with van der Waals surface area (Å²) in [5.74, 6) is 0. The van der Waals surface area contributed by atoms with Gasteiger partial charge in [0.15, 0.2) is 0 Å². The topological polar surface area (TPSA) is 81.1 Å². The van der Waals surface area contributed by atoms with Crippen LogP contribution in [0.4, 0.5) is 10.5 Å². The van der Waals surface area contributed by atoms with Gasteiger partial charge in [0, 0.05) is 12.2 Å². The van der Waals surface area contributed by atoms with Gasteiger partial charge in [0.2, 0.25) is 0 Å². The lowest BCUT2D eigenvalue weighted by molar-refractivity contribution is 0.259. The van der Waals surface area contributed by atoms with E-state index in [1.807, 2.05) is 42.5 Å². The molecule has 2 rings (SSSR count). The molecule has 18 heavy (non-hydrogen) atoms. The van der Waals surface area contributed by atoms with Crippen molar-refractivity contribution in [3.05, 3.63) is 54.1 Å². The third-order valence-corrected chi connectivity index (χ3v) is 2.65. The minimum absolute atomic E-state index is 0.531. The fourth-order valence-electron chi connectivity index (χ4n) is 1.75. The summed E-state index contributed by atoms with van der Waals surface area (Å²) in [5.41, 5.74) is 14.5. The molecule has 0 spiro atoms. The average Bonchev–Trinajstić information content (AvgIpc) is 2.38. The third-order valence-electron chi connectivity index (χ3n) is 2.65. The van der Waals surface area contributed by atoms with Crippen LogP contribution >= 0.6 is 0 Å². The molecule has 4 nitrogen and oxygen atoms in total. The predicted octanol–water partition coefficient (Wildman–Crippen LogP) is 2.30. The maximum absolute atomic E-state index is 10.8. The van der Waals surface area contributed by atoms with Crippen molar-refractivity contribution in [2.75, 3.05) is 5.32 Å². The monoisotopic (exact) mass is 241 g/mol. The van der Waals surface area contributed by atoms with Crippen LogP contribution < -0.4 is 16.8 Å². The number of amides is 2. The zero-order valence-electron chi connectivity index (χ0n) is 9.89. The highest BCUT2D eigenvalue weighted by atomic mass is 16.2. The van der Waals surface area contributed by atoms with E-state index < -0.39 is 6.03 Å². The molecule has 92 valence electrons. The van der Waals surface area contributed by atoms with E-state index in [2.05, 4.69) is 5.32 Å². The quantitative estimate of drug-likeness (QED) is 0.770. The Morgan fingerprint density at radius 3 is 2.39 bits per heavy atom. The van der Waals surface area contributed by atoms with Crippen LogP contribution in [0.15, 0.2) is 48.5 Å². The molecule has 0 atom stereocenters. The fraction of sp³-hybridized carbons (Fsp3) is 0.0714. The molecule has 0 radical (unpaired) electrons. The van der Waals surface area contributed by atoms with E-state index in [9.17, 15) is 4.79 Å². The first kappa shape index (κ1) is 12.1. The van der Waals surface area contributed by atoms with Crippen molar-refractivity contribution >= 4 is 11.7 Å². The molecule has 0 bridgehead atoms. The Morgan fingerprint density at radius 2 is 1.78 bits per heavy atom. The van der Waals surface area contributed by atoms with Crippen LogP contribution in [0.3, 0.4) is 0 Å². The molecule has 0 aliphatic rings. The lowest BCUT2D eigenvalue weighted by Crippen LogP contribution is -2.19. The summed E-state index contributed by atoms with van der Waals surface area (Å²) < 4.78 is 0. The number of primary amides is 1. The number of anilines is 1. The Kier molecular flexibility index (Phi) is 3.60. The Bertz CT molecular complexity index is 549. The molecule has 0 unspecified atom stereocenters. The maximum Gasteiger partial charge on any atom is 0.316 e. The van der Waals surface area contributed by atoms with Crippen molar-refractivity contribution in [3.8, 4) is 11.1 Å². The standard InChI is InChI=1S/C14H15N3O/c15-9-10-4-6-11(7-5-10)12-2-1-3-13(8-12)17-14(16)18/h1-8H,9,15H2,(H3,16,17,18). The average molecular weight is 241 g/mol. The minimum Gasteiger partial charge on any atom is -0.351 e. The van der Waals surface area contributed by atoms with E-state index >= 15 is 0 Å². The summed E-state index contributed by atoms with van der Waals surface area (Å²) in [6.45, 7) is 0.531. The highest BCUT2D eigenvalue weighted by molar-refractivity contribution is 5.88. The molecule has 0 aliphatic carbocycles. The summed E-state index contributed by atoms with van der Waals surface area (Å²) in [6.07, 6.45) is 0. The molecule has 5 N–H and O–H groups in total. The van der Waals surface area contributed by atoms with Gasteiger partial charge in [-0.15, -0.1) is 0 Å². The van der Waals surface area contributed by atoms with E-state index in [0.717, 1.165) is 16.7 Å². The molecule has 2 aromatic rings. The van der Waals surface area contributed by atoms with Crippen LogP contribution in [-0.2, 0) is 6.54 Å². The SMILES string of the molecule is NCc1ccc(-c2cccc(NC(N)=O)c2)cc1. The number of hydrogen-bond donors (Lipinski definition) is 3. The van der Waals surface area contributed by atoms with E-state index in [-0.39, 0.29) is 0 Å². The number of nitrogens with two attached hydrogens (primary N) is 2. The second kappa shape index (κ2) is 5.33. The van der Waals surface area contributed by atoms with E-state index in [0.29, 0.717) is 12.2 Å². The first-order valence-electron chi connectivity index (χ1n) is 5.65. The van der Waals surface area contributed by atoms with Crippen molar-refractivity contribution in [2.24, 2.45) is 11.5 Å². The van der Waals surface area contributed by atoms with Gasteiger partial charge in [-0.2, -0.15) is 0 Å². The summed E-state index contributed by atoms with van der Waals surface area (Å²) in [6, 6.07) is 14.9. The smallest absolute Gasteiger partial charge is 0.316 e. The second-order valence-corrected chi connectivity index (χ2v) is 3.97. The number of nitrogens with one attached hydrogen (secondary N) is 1. The van der Waals surface area contributed by atoms with Crippen LogP contribution in [0.5, 0.6) is 0 Å². The summed E-state index contributed by atoms with van der Waals surface area (Å²) in [5, 5.41) is 2.56. The lowest BCUT2D eigenvalue weighted by atomic mass is 10.0. The molecule has 4 heteroatoms. The van der Waals surface area contributed by atoms with Gasteiger partial charge in [0.1, 0.15) is 0 Å². The van der Waals surface area contributed by atoms with Crippen molar-refractivity contribution in [3.63, 3.8) is 0 Å². The zero-order valence-corrected chi connectivity index (χ0v) is 9.89. The van der Waals surface area contributed by atoms with Gasteiger partial charge in [0.05, 0.1) is 0 Å². The summed E-state index contributed by atoms with van der Waals surface area (Å²) in [7, 11) is 0. The van der Waals surface area contributed by atoms with Gasteiger partial charge in [-0.25, -0.2) is 4.79 Å². The van der Waals surface area contributed by atoms with Gasteiger partial charge in [-0.05, 0) is 28.8 Å². The molecule has 0 aromatic heterocycles. The molecule has 0 fully saturated rings. The first-order valence-corrected chi connectivity index (χ1v) is 5.65. The van der Waals surface area contributed by atoms with Crippen molar-refractivity contribution < 1.29 is 4.79 Å². The molecule has 2 aromatic carbocycles. The van der Waals surface area contributed by atoms with Gasteiger partial charge >= 0.3 is 6.03 Å². The number of urea groups is 1. The highest BCUT2D eigenvalue weighted by Crippen LogP contribution is 2.22. The van der Waals surface area contributed by atoms with Gasteiger partial charge in [-0.1, -0.05) is 36.4 Å². The van der Waals surface area contributed by atoms with Crippen LogP contribution in [0.2, 0.25) is 0 Å². The minimum atomic E-state index is -0.564. The first-order chi connectivity index (χ1) is 8.69. The summed E-state index contributed by atoms with van der Waals surface area (Å²) in [4.78, 5) is 10.8. The molecular weight excluding hydrogens is 226 g/mol. The van der Waals surface area contributed by atoms with E-state index in [4.69, 9.17) is 11.5 Å². The molecule has 0 saturated heterocycles. The molecule has 0 saturated carbocycles. The van der Waals surface area contributed by atoms with Crippen molar-refractivity contribution in [1.82, 2.24) is 0 Å². The van der Waals surface area contributed by atoms with Crippen molar-refractivity contribution in [2.45, 2.75) is 6.54 Å². The van der Waals surface area contributed by atoms with Gasteiger partial charge in [0.25, 0.3) is 0 Å². The summed E-state index contributed by atoms with van der Waals surface area (Å²) >= 11 is 0. The third kappa shape index (κ3) is 2.87. The molecule has 0 heterocycles. The number of carbonyl (C=O) groups is 1. The van der Waals surface area contributed by atoms with E-state index in [1.54, 1.807) is 6.07 Å². The number of carbonyl (C=O) groups excluding carboxylic acids is 1. The maximum atomic E-state index is 10.8. The molecule has 0 aliphatic heterocycles. The number of rotatable bonds is 3. The fourth-order valence-corrected chi connectivity index (χ4v) is 1.75. The van der Waals surface area contributed by atoms with Crippen molar-refractivity contribution in [1.29, 1.82) is 0 Å². The normalized spacial score (nSPS) is 10.1. The Morgan fingerprint density at radius 1 is 1.06 bits per heavy atom. The lowest BCUT2D eigenvalue weighted by Gasteiger charge is -2.06. The number of benzene rings is 2. The molecular formula is C14H15N3O. The predicted molar refractivity (Wildman–Crippen MR) is 73.0 cm³/mol. The zero-order chi connectivity index (χ0) is 13.0. The van der Waals surface area contributed by atoms with Gasteiger partial charge in [-0.3, -0.25) is 0 Å². The van der Waals surface area contributed by atoms with Crippen LogP contribution in [0.1, 0.15) is 5.56 Å². The van der Waals surface area contributed by atoms with Gasteiger partial charge < -0.3 is 16.8 Å². The Balaban J connectivity index is 2.29. The van der Waals surface area contributed by atoms with Crippen LogP contribution in [0, 0.1) is 0 Å². The second-order valence-electron chi connectivity index (χ2n) is 3.97. The van der Waals surface area contributed by atoms with Crippen LogP contribution in [-0.4, -0.2) is 6.03 Å². The van der Waals surface area contributed by atoms with E-state index in [1.165, 1.54) is 0 Å². The Hall–Kier alpha value is -2.33. The molecule has 2 amide bonds.